The van der Waals surface area contributed by atoms with Gasteiger partial charge in [-0.25, -0.2) is 0 Å². The van der Waals surface area contributed by atoms with Crippen LogP contribution in [0.1, 0.15) is 40.2 Å². The van der Waals surface area contributed by atoms with Crippen LogP contribution in [0.4, 0.5) is 11.4 Å². The standard InChI is InChI=1S/C15H24N2/c1-14(2,3)11-8-7-9-12-13(11)17(6)10-15(4,5)16-12/h7-9,16H,10H2,1-6H3. The van der Waals surface area contributed by atoms with Crippen molar-refractivity contribution in [3.63, 3.8) is 0 Å². The molecule has 2 rings (SSSR count). The molecule has 0 saturated heterocycles. The zero-order valence-corrected chi connectivity index (χ0v) is 11.9. The van der Waals surface area contributed by atoms with Crippen molar-refractivity contribution in [1.82, 2.24) is 0 Å². The summed E-state index contributed by atoms with van der Waals surface area (Å²) in [6.07, 6.45) is 0. The van der Waals surface area contributed by atoms with Crippen LogP contribution in [0.2, 0.25) is 0 Å². The van der Waals surface area contributed by atoms with Crippen LogP contribution >= 0.6 is 0 Å². The molecule has 17 heavy (non-hydrogen) atoms. The molecule has 0 radical (unpaired) electrons. The average Bonchev–Trinajstić information content (AvgIpc) is 2.13. The lowest BCUT2D eigenvalue weighted by molar-refractivity contribution is 0.537. The Labute approximate surface area is 105 Å². The van der Waals surface area contributed by atoms with Crippen LogP contribution in [-0.2, 0) is 5.41 Å². The molecule has 0 fully saturated rings. The highest BCUT2D eigenvalue weighted by atomic mass is 15.2. The summed E-state index contributed by atoms with van der Waals surface area (Å²) < 4.78 is 0. The number of nitrogens with zero attached hydrogens (tertiary/aromatic N) is 1. The van der Waals surface area contributed by atoms with Crippen LogP contribution in [0.5, 0.6) is 0 Å². The fraction of sp³-hybridized carbons (Fsp3) is 0.600. The summed E-state index contributed by atoms with van der Waals surface area (Å²) in [5.74, 6) is 0. The number of fused-ring (bicyclic) bond motifs is 1. The maximum Gasteiger partial charge on any atom is 0.0638 e. The zero-order valence-electron chi connectivity index (χ0n) is 11.9. The lowest BCUT2D eigenvalue weighted by Crippen LogP contribution is -2.47. The molecule has 0 atom stereocenters. The minimum Gasteiger partial charge on any atom is -0.377 e. The largest absolute Gasteiger partial charge is 0.377 e. The molecule has 0 spiro atoms. The number of anilines is 2. The molecular formula is C15H24N2. The number of nitrogens with one attached hydrogen (secondary N) is 1. The maximum atomic E-state index is 3.64. The molecule has 0 aliphatic carbocycles. The number of likely N-dealkylation sites (N-methyl/N-ethyl adjacent to an activating group) is 1. The van der Waals surface area contributed by atoms with E-state index in [2.05, 4.69) is 70.1 Å². The van der Waals surface area contributed by atoms with E-state index in [4.69, 9.17) is 0 Å². The van der Waals surface area contributed by atoms with Gasteiger partial charge in [-0.05, 0) is 30.9 Å². The molecule has 1 aliphatic rings. The minimum absolute atomic E-state index is 0.137. The molecule has 0 aromatic heterocycles. The quantitative estimate of drug-likeness (QED) is 0.735. The van der Waals surface area contributed by atoms with E-state index in [0.717, 1.165) is 6.54 Å². The van der Waals surface area contributed by atoms with Crippen molar-refractivity contribution in [3.8, 4) is 0 Å². The normalized spacial score (nSPS) is 18.6. The van der Waals surface area contributed by atoms with Crippen molar-refractivity contribution in [2.45, 2.75) is 45.6 Å². The van der Waals surface area contributed by atoms with Gasteiger partial charge in [-0.3, -0.25) is 0 Å². The topological polar surface area (TPSA) is 15.3 Å². The zero-order chi connectivity index (χ0) is 12.8. The van der Waals surface area contributed by atoms with Crippen LogP contribution in [-0.4, -0.2) is 19.1 Å². The van der Waals surface area contributed by atoms with E-state index in [9.17, 15) is 0 Å². The van der Waals surface area contributed by atoms with Gasteiger partial charge < -0.3 is 10.2 Å². The van der Waals surface area contributed by atoms with Crippen molar-refractivity contribution in [2.75, 3.05) is 23.8 Å². The van der Waals surface area contributed by atoms with Gasteiger partial charge >= 0.3 is 0 Å². The van der Waals surface area contributed by atoms with E-state index in [0.29, 0.717) is 0 Å². The van der Waals surface area contributed by atoms with Gasteiger partial charge in [0.1, 0.15) is 0 Å². The Morgan fingerprint density at radius 3 is 2.47 bits per heavy atom. The summed E-state index contributed by atoms with van der Waals surface area (Å²) in [4.78, 5) is 2.38. The van der Waals surface area contributed by atoms with E-state index >= 15 is 0 Å². The minimum atomic E-state index is 0.137. The van der Waals surface area contributed by atoms with Crippen molar-refractivity contribution < 1.29 is 0 Å². The summed E-state index contributed by atoms with van der Waals surface area (Å²) in [5.41, 5.74) is 4.36. The summed E-state index contributed by atoms with van der Waals surface area (Å²) in [5, 5.41) is 3.64. The lowest BCUT2D eigenvalue weighted by Gasteiger charge is -2.42. The molecule has 1 N–H and O–H groups in total. The molecule has 0 saturated carbocycles. The smallest absolute Gasteiger partial charge is 0.0638 e. The Morgan fingerprint density at radius 1 is 1.24 bits per heavy atom. The number of hydrogen-bond donors (Lipinski definition) is 1. The fourth-order valence-corrected chi connectivity index (χ4v) is 2.74. The molecule has 1 heterocycles. The first-order valence-electron chi connectivity index (χ1n) is 6.33. The first kappa shape index (κ1) is 12.3. The molecule has 2 nitrogen and oxygen atoms in total. The first-order chi connectivity index (χ1) is 7.71. The Balaban J connectivity index is 2.56. The van der Waals surface area contributed by atoms with Gasteiger partial charge in [0.2, 0.25) is 0 Å². The highest BCUT2D eigenvalue weighted by Crippen LogP contribution is 2.41. The third-order valence-corrected chi connectivity index (χ3v) is 3.33. The van der Waals surface area contributed by atoms with E-state index < -0.39 is 0 Å². The molecule has 0 bridgehead atoms. The molecule has 2 heteroatoms. The van der Waals surface area contributed by atoms with Crippen LogP contribution in [0.15, 0.2) is 18.2 Å². The van der Waals surface area contributed by atoms with Gasteiger partial charge in [0.15, 0.2) is 0 Å². The highest BCUT2D eigenvalue weighted by Gasteiger charge is 2.31. The van der Waals surface area contributed by atoms with Crippen LogP contribution in [0.25, 0.3) is 0 Å². The Kier molecular flexibility index (Phi) is 2.64. The van der Waals surface area contributed by atoms with Gasteiger partial charge in [-0.15, -0.1) is 0 Å². The van der Waals surface area contributed by atoms with Crippen molar-refractivity contribution in [1.29, 1.82) is 0 Å². The summed E-state index contributed by atoms with van der Waals surface area (Å²) in [7, 11) is 2.19. The van der Waals surface area contributed by atoms with E-state index in [1.165, 1.54) is 16.9 Å². The average molecular weight is 232 g/mol. The predicted molar refractivity (Wildman–Crippen MR) is 76.1 cm³/mol. The first-order valence-corrected chi connectivity index (χ1v) is 6.33. The van der Waals surface area contributed by atoms with Gasteiger partial charge in [0.25, 0.3) is 0 Å². The maximum absolute atomic E-state index is 3.64. The predicted octanol–water partition coefficient (Wildman–Crippen LogP) is 3.62. The molecule has 1 aromatic carbocycles. The third-order valence-electron chi connectivity index (χ3n) is 3.33. The van der Waals surface area contributed by atoms with Crippen molar-refractivity contribution >= 4 is 11.4 Å². The number of hydrogen-bond acceptors (Lipinski definition) is 2. The summed E-state index contributed by atoms with van der Waals surface area (Å²) >= 11 is 0. The lowest BCUT2D eigenvalue weighted by atomic mass is 9.83. The van der Waals surface area contributed by atoms with Gasteiger partial charge in [-0.1, -0.05) is 32.9 Å². The Morgan fingerprint density at radius 2 is 1.88 bits per heavy atom. The van der Waals surface area contributed by atoms with Crippen LogP contribution in [0, 0.1) is 0 Å². The van der Waals surface area contributed by atoms with Gasteiger partial charge in [0, 0.05) is 19.1 Å². The fourth-order valence-electron chi connectivity index (χ4n) is 2.74. The molecule has 1 aliphatic heterocycles. The van der Waals surface area contributed by atoms with E-state index in [1.807, 2.05) is 0 Å². The Hall–Kier alpha value is -1.18. The van der Waals surface area contributed by atoms with Crippen molar-refractivity contribution in [3.05, 3.63) is 23.8 Å². The third kappa shape index (κ3) is 2.26. The van der Waals surface area contributed by atoms with Gasteiger partial charge in [0.05, 0.1) is 11.4 Å². The molecular weight excluding hydrogens is 208 g/mol. The van der Waals surface area contributed by atoms with E-state index in [-0.39, 0.29) is 11.0 Å². The Bertz CT molecular complexity index is 427. The second kappa shape index (κ2) is 3.66. The second-order valence-corrected chi connectivity index (χ2v) is 6.82. The van der Waals surface area contributed by atoms with Crippen LogP contribution in [0.3, 0.4) is 0 Å². The molecule has 0 amide bonds. The molecule has 1 aromatic rings. The highest BCUT2D eigenvalue weighted by molar-refractivity contribution is 5.77. The number of benzene rings is 1. The van der Waals surface area contributed by atoms with Gasteiger partial charge in [-0.2, -0.15) is 0 Å². The number of para-hydroxylation sites is 1. The molecule has 94 valence electrons. The van der Waals surface area contributed by atoms with Crippen molar-refractivity contribution in [2.24, 2.45) is 0 Å². The molecule has 0 unspecified atom stereocenters. The van der Waals surface area contributed by atoms with E-state index in [1.54, 1.807) is 0 Å². The monoisotopic (exact) mass is 232 g/mol. The summed E-state index contributed by atoms with van der Waals surface area (Å²) in [6.45, 7) is 12.3. The SMILES string of the molecule is CN1CC(C)(C)Nc2cccc(C(C)(C)C)c21. The number of rotatable bonds is 0. The second-order valence-electron chi connectivity index (χ2n) is 6.82. The van der Waals surface area contributed by atoms with Crippen LogP contribution < -0.4 is 10.2 Å². The summed E-state index contributed by atoms with van der Waals surface area (Å²) in [6, 6.07) is 6.58.